The van der Waals surface area contributed by atoms with Crippen molar-refractivity contribution in [2.45, 2.75) is 18.9 Å². The quantitative estimate of drug-likeness (QED) is 0.718. The van der Waals surface area contributed by atoms with Crippen LogP contribution in [-0.2, 0) is 10.2 Å². The molecule has 1 aliphatic rings. The zero-order chi connectivity index (χ0) is 13.3. The lowest BCUT2D eigenvalue weighted by Gasteiger charge is -2.10. The lowest BCUT2D eigenvalue weighted by molar-refractivity contribution is 0.586. The number of halogens is 1. The molecule has 2 rings (SSSR count). The van der Waals surface area contributed by atoms with Gasteiger partial charge in [0.05, 0.1) is 10.7 Å². The average Bonchev–Trinajstić information content (AvgIpc) is 3.03. The molecule has 0 aromatic heterocycles. The molecule has 0 radical (unpaired) electrons. The van der Waals surface area contributed by atoms with Crippen molar-refractivity contribution in [2.24, 2.45) is 5.73 Å². The van der Waals surface area contributed by atoms with Crippen LogP contribution in [0.5, 0.6) is 0 Å². The van der Waals surface area contributed by atoms with Gasteiger partial charge in [0.15, 0.2) is 0 Å². The van der Waals surface area contributed by atoms with Gasteiger partial charge in [-0.25, -0.2) is 0 Å². The van der Waals surface area contributed by atoms with Gasteiger partial charge in [0.1, 0.15) is 4.99 Å². The minimum Gasteiger partial charge on any atom is -0.389 e. The van der Waals surface area contributed by atoms with E-state index in [4.69, 9.17) is 29.6 Å². The maximum atomic E-state index is 11.7. The topological polar surface area (TPSA) is 84.2 Å². The second-order valence-electron chi connectivity index (χ2n) is 4.06. The van der Waals surface area contributed by atoms with E-state index in [1.54, 1.807) is 6.07 Å². The molecule has 0 unspecified atom stereocenters. The van der Waals surface area contributed by atoms with Gasteiger partial charge in [-0.05, 0) is 31.0 Å². The summed E-state index contributed by atoms with van der Waals surface area (Å²) in [7, 11) is -3.58. The summed E-state index contributed by atoms with van der Waals surface area (Å²) in [5, 5.41) is 0.251. The van der Waals surface area contributed by atoms with Gasteiger partial charge in [-0.1, -0.05) is 23.8 Å². The van der Waals surface area contributed by atoms with Crippen molar-refractivity contribution in [1.82, 2.24) is 4.72 Å². The summed E-state index contributed by atoms with van der Waals surface area (Å²) in [5.41, 5.74) is 6.34. The van der Waals surface area contributed by atoms with Crippen molar-refractivity contribution in [3.8, 4) is 0 Å². The Labute approximate surface area is 116 Å². The molecule has 1 aliphatic carbocycles. The normalized spacial score (nSPS) is 15.4. The number of anilines is 1. The predicted molar refractivity (Wildman–Crippen MR) is 76.0 cm³/mol. The first-order valence-electron chi connectivity index (χ1n) is 5.27. The predicted octanol–water partition coefficient (Wildman–Crippen LogP) is 1.38. The Morgan fingerprint density at radius 1 is 1.44 bits per heavy atom. The first kappa shape index (κ1) is 13.5. The Morgan fingerprint density at radius 2 is 2.11 bits per heavy atom. The van der Waals surface area contributed by atoms with Gasteiger partial charge in [-0.2, -0.15) is 13.1 Å². The molecular weight excluding hydrogens is 294 g/mol. The third-order valence-electron chi connectivity index (χ3n) is 2.40. The van der Waals surface area contributed by atoms with E-state index >= 15 is 0 Å². The number of nitrogens with two attached hydrogens (primary N) is 1. The van der Waals surface area contributed by atoms with Gasteiger partial charge in [0, 0.05) is 11.6 Å². The van der Waals surface area contributed by atoms with Crippen LogP contribution < -0.4 is 15.2 Å². The largest absolute Gasteiger partial charge is 0.389 e. The highest BCUT2D eigenvalue weighted by atomic mass is 35.5. The number of rotatable bonds is 5. The highest BCUT2D eigenvalue weighted by molar-refractivity contribution is 7.90. The molecule has 0 heterocycles. The second-order valence-corrected chi connectivity index (χ2v) is 6.35. The van der Waals surface area contributed by atoms with Crippen molar-refractivity contribution in [2.75, 3.05) is 4.72 Å². The van der Waals surface area contributed by atoms with Gasteiger partial charge in [-0.15, -0.1) is 0 Å². The first-order chi connectivity index (χ1) is 8.37. The Morgan fingerprint density at radius 3 is 2.61 bits per heavy atom. The summed E-state index contributed by atoms with van der Waals surface area (Å²) in [6.07, 6.45) is 1.74. The molecule has 0 saturated heterocycles. The fourth-order valence-corrected chi connectivity index (χ4v) is 2.96. The van der Waals surface area contributed by atoms with Gasteiger partial charge >= 0.3 is 0 Å². The van der Waals surface area contributed by atoms with Crippen molar-refractivity contribution in [3.05, 3.63) is 28.8 Å². The van der Waals surface area contributed by atoms with Crippen LogP contribution in [0.2, 0.25) is 5.02 Å². The maximum absolute atomic E-state index is 11.7. The van der Waals surface area contributed by atoms with E-state index in [1.165, 1.54) is 12.1 Å². The van der Waals surface area contributed by atoms with Gasteiger partial charge in [0.2, 0.25) is 0 Å². The molecule has 0 bridgehead atoms. The highest BCUT2D eigenvalue weighted by Gasteiger charge is 2.27. The molecule has 5 nitrogen and oxygen atoms in total. The van der Waals surface area contributed by atoms with Crippen LogP contribution in [0.3, 0.4) is 0 Å². The zero-order valence-electron chi connectivity index (χ0n) is 9.31. The van der Waals surface area contributed by atoms with Crippen molar-refractivity contribution >= 4 is 44.7 Å². The van der Waals surface area contributed by atoms with Gasteiger partial charge in [0.25, 0.3) is 10.2 Å². The van der Waals surface area contributed by atoms with Crippen LogP contribution in [0.25, 0.3) is 0 Å². The SMILES string of the molecule is NC(=S)c1ccc(NS(=O)(=O)NC2CC2)c(Cl)c1. The Hall–Kier alpha value is -0.890. The van der Waals surface area contributed by atoms with Crippen molar-refractivity contribution < 1.29 is 8.42 Å². The van der Waals surface area contributed by atoms with Crippen LogP contribution in [0, 0.1) is 0 Å². The molecule has 0 amide bonds. The summed E-state index contributed by atoms with van der Waals surface area (Å²) in [5.74, 6) is 0. The van der Waals surface area contributed by atoms with Crippen LogP contribution in [-0.4, -0.2) is 19.4 Å². The number of nitrogens with one attached hydrogen (secondary N) is 2. The monoisotopic (exact) mass is 305 g/mol. The van der Waals surface area contributed by atoms with E-state index in [1.807, 2.05) is 0 Å². The number of hydrogen-bond acceptors (Lipinski definition) is 3. The smallest absolute Gasteiger partial charge is 0.299 e. The maximum Gasteiger partial charge on any atom is 0.299 e. The minimum atomic E-state index is -3.58. The molecule has 1 fully saturated rings. The number of hydrogen-bond donors (Lipinski definition) is 3. The molecule has 1 aromatic carbocycles. The zero-order valence-corrected chi connectivity index (χ0v) is 11.7. The van der Waals surface area contributed by atoms with Crippen LogP contribution in [0.1, 0.15) is 18.4 Å². The molecule has 0 atom stereocenters. The summed E-state index contributed by atoms with van der Waals surface area (Å²) in [6, 6.07) is 4.71. The minimum absolute atomic E-state index is 0.0390. The summed E-state index contributed by atoms with van der Waals surface area (Å²) in [6.45, 7) is 0. The fraction of sp³-hybridized carbons (Fsp3) is 0.300. The van der Waals surface area contributed by atoms with E-state index in [0.717, 1.165) is 12.8 Å². The highest BCUT2D eigenvalue weighted by Crippen LogP contribution is 2.25. The Bertz CT molecular complexity index is 585. The van der Waals surface area contributed by atoms with E-state index in [9.17, 15) is 8.42 Å². The molecule has 8 heteroatoms. The molecule has 1 aromatic rings. The Balaban J connectivity index is 2.16. The lowest BCUT2D eigenvalue weighted by atomic mass is 10.2. The molecule has 1 saturated carbocycles. The molecular formula is C10H12ClN3O2S2. The van der Waals surface area contributed by atoms with Gasteiger partial charge < -0.3 is 5.73 Å². The van der Waals surface area contributed by atoms with E-state index in [2.05, 4.69) is 9.44 Å². The van der Waals surface area contributed by atoms with Crippen LogP contribution in [0.15, 0.2) is 18.2 Å². The molecule has 18 heavy (non-hydrogen) atoms. The Kier molecular flexibility index (Phi) is 3.76. The number of thiocarbonyl (C=S) groups is 1. The average molecular weight is 306 g/mol. The first-order valence-corrected chi connectivity index (χ1v) is 7.54. The second kappa shape index (κ2) is 5.00. The summed E-state index contributed by atoms with van der Waals surface area (Å²) in [4.78, 5) is 0.211. The van der Waals surface area contributed by atoms with Crippen LogP contribution in [0.4, 0.5) is 5.69 Å². The third-order valence-corrected chi connectivity index (χ3v) is 4.08. The van der Waals surface area contributed by atoms with Crippen LogP contribution >= 0.6 is 23.8 Å². The summed E-state index contributed by atoms with van der Waals surface area (Å²) >= 11 is 10.8. The standard InChI is InChI=1S/C10H12ClN3O2S2/c11-8-5-6(10(12)17)1-4-9(8)14-18(15,16)13-7-2-3-7/h1,4-5,7,13-14H,2-3H2,(H2,12,17). The fourth-order valence-electron chi connectivity index (χ4n) is 1.35. The molecule has 98 valence electrons. The van der Waals surface area contributed by atoms with Gasteiger partial charge in [-0.3, -0.25) is 4.72 Å². The van der Waals surface area contributed by atoms with E-state index in [-0.39, 0.29) is 16.1 Å². The van der Waals surface area contributed by atoms with E-state index < -0.39 is 10.2 Å². The molecule has 0 spiro atoms. The van der Waals surface area contributed by atoms with Crippen molar-refractivity contribution in [3.63, 3.8) is 0 Å². The third kappa shape index (κ3) is 3.55. The molecule has 0 aliphatic heterocycles. The summed E-state index contributed by atoms with van der Waals surface area (Å²) < 4.78 is 28.2. The van der Waals surface area contributed by atoms with Crippen molar-refractivity contribution in [1.29, 1.82) is 0 Å². The lowest BCUT2D eigenvalue weighted by Crippen LogP contribution is -2.31. The molecule has 4 N–H and O–H groups in total. The number of benzene rings is 1. The van der Waals surface area contributed by atoms with E-state index in [0.29, 0.717) is 11.3 Å².